The maximum absolute atomic E-state index is 11.9. The van der Waals surface area contributed by atoms with Crippen LogP contribution in [-0.2, 0) is 9.53 Å². The highest BCUT2D eigenvalue weighted by Crippen LogP contribution is 2.14. The molecule has 0 aliphatic carbocycles. The molecule has 1 heterocycles. The van der Waals surface area contributed by atoms with E-state index in [-0.39, 0.29) is 18.1 Å². The number of carbonyl (C=O) groups is 1. The molecule has 0 saturated carbocycles. The van der Waals surface area contributed by atoms with Crippen molar-refractivity contribution in [3.8, 4) is 0 Å². The van der Waals surface area contributed by atoms with Crippen LogP contribution in [0, 0.1) is 0 Å². The molecule has 4 nitrogen and oxygen atoms in total. The number of nitrogens with two attached hydrogens (primary N) is 1. The first kappa shape index (κ1) is 13.5. The number of rotatable bonds is 6. The van der Waals surface area contributed by atoms with Gasteiger partial charge in [-0.25, -0.2) is 0 Å². The average Bonchev–Trinajstić information content (AvgIpc) is 2.75. The van der Waals surface area contributed by atoms with Gasteiger partial charge in [-0.3, -0.25) is 4.79 Å². The quantitative estimate of drug-likeness (QED) is 0.741. The summed E-state index contributed by atoms with van der Waals surface area (Å²) in [6, 6.07) is 0.102. The van der Waals surface area contributed by atoms with Crippen molar-refractivity contribution in [2.75, 3.05) is 19.7 Å². The maximum Gasteiger partial charge on any atom is 0.222 e. The van der Waals surface area contributed by atoms with Crippen LogP contribution in [0.5, 0.6) is 0 Å². The fourth-order valence-corrected chi connectivity index (χ4v) is 1.95. The van der Waals surface area contributed by atoms with Gasteiger partial charge in [0.2, 0.25) is 5.91 Å². The van der Waals surface area contributed by atoms with E-state index < -0.39 is 0 Å². The topological polar surface area (TPSA) is 55.6 Å². The highest BCUT2D eigenvalue weighted by atomic mass is 16.5. The summed E-state index contributed by atoms with van der Waals surface area (Å²) in [5.74, 6) is 0.204. The van der Waals surface area contributed by atoms with Crippen LogP contribution in [0.2, 0.25) is 0 Å². The van der Waals surface area contributed by atoms with Gasteiger partial charge in [0, 0.05) is 32.2 Å². The molecular weight excluding hydrogens is 204 g/mol. The van der Waals surface area contributed by atoms with Crippen LogP contribution >= 0.6 is 0 Å². The van der Waals surface area contributed by atoms with Gasteiger partial charge in [0.25, 0.3) is 0 Å². The molecule has 4 heteroatoms. The van der Waals surface area contributed by atoms with E-state index in [1.54, 1.807) is 0 Å². The summed E-state index contributed by atoms with van der Waals surface area (Å²) >= 11 is 0. The number of likely N-dealkylation sites (N-methyl/N-ethyl adjacent to an activating group) is 1. The molecule has 94 valence electrons. The standard InChI is InChI=1S/C12H24N2O2/c1-3-14(9-11-5-4-8-16-11)12(15)7-6-10(2)13/h10-11H,3-9,13H2,1-2H3. The van der Waals surface area contributed by atoms with Crippen LogP contribution in [-0.4, -0.2) is 42.6 Å². The number of amides is 1. The Bertz CT molecular complexity index is 213. The normalized spacial score (nSPS) is 22.1. The molecule has 1 aliphatic rings. The van der Waals surface area contributed by atoms with Crippen molar-refractivity contribution >= 4 is 5.91 Å². The lowest BCUT2D eigenvalue weighted by atomic mass is 10.1. The predicted molar refractivity (Wildman–Crippen MR) is 64.1 cm³/mol. The molecule has 1 saturated heterocycles. The highest BCUT2D eigenvalue weighted by Gasteiger charge is 2.21. The van der Waals surface area contributed by atoms with Gasteiger partial charge in [0.1, 0.15) is 0 Å². The zero-order valence-electron chi connectivity index (χ0n) is 10.4. The molecule has 1 fully saturated rings. The second-order valence-electron chi connectivity index (χ2n) is 4.58. The summed E-state index contributed by atoms with van der Waals surface area (Å²) in [5, 5.41) is 0. The molecule has 0 spiro atoms. The lowest BCUT2D eigenvalue weighted by Crippen LogP contribution is -2.37. The molecule has 0 aromatic rings. The van der Waals surface area contributed by atoms with Gasteiger partial charge in [-0.2, -0.15) is 0 Å². The van der Waals surface area contributed by atoms with E-state index in [0.717, 1.165) is 39.0 Å². The number of ether oxygens (including phenoxy) is 1. The number of nitrogens with zero attached hydrogens (tertiary/aromatic N) is 1. The zero-order chi connectivity index (χ0) is 12.0. The molecule has 0 radical (unpaired) electrons. The van der Waals surface area contributed by atoms with Gasteiger partial charge < -0.3 is 15.4 Å². The molecule has 16 heavy (non-hydrogen) atoms. The predicted octanol–water partition coefficient (Wildman–Crippen LogP) is 1.14. The van der Waals surface area contributed by atoms with Crippen molar-refractivity contribution in [2.24, 2.45) is 5.73 Å². The first-order valence-electron chi connectivity index (χ1n) is 6.28. The van der Waals surface area contributed by atoms with Gasteiger partial charge in [0.05, 0.1) is 6.10 Å². The molecule has 2 N–H and O–H groups in total. The minimum Gasteiger partial charge on any atom is -0.376 e. The van der Waals surface area contributed by atoms with Crippen molar-refractivity contribution in [3.63, 3.8) is 0 Å². The van der Waals surface area contributed by atoms with Gasteiger partial charge in [-0.1, -0.05) is 0 Å². The Morgan fingerprint density at radius 1 is 1.62 bits per heavy atom. The van der Waals surface area contributed by atoms with Crippen molar-refractivity contribution in [3.05, 3.63) is 0 Å². The van der Waals surface area contributed by atoms with E-state index in [1.165, 1.54) is 0 Å². The monoisotopic (exact) mass is 228 g/mol. The fraction of sp³-hybridized carbons (Fsp3) is 0.917. The van der Waals surface area contributed by atoms with Gasteiger partial charge in [0.15, 0.2) is 0 Å². The second kappa shape index (κ2) is 6.86. The zero-order valence-corrected chi connectivity index (χ0v) is 10.4. The van der Waals surface area contributed by atoms with Crippen LogP contribution in [0.15, 0.2) is 0 Å². The Hall–Kier alpha value is -0.610. The van der Waals surface area contributed by atoms with E-state index >= 15 is 0 Å². The van der Waals surface area contributed by atoms with E-state index in [4.69, 9.17) is 10.5 Å². The highest BCUT2D eigenvalue weighted by molar-refractivity contribution is 5.76. The van der Waals surface area contributed by atoms with E-state index in [9.17, 15) is 4.79 Å². The molecule has 0 bridgehead atoms. The number of hydrogen-bond acceptors (Lipinski definition) is 3. The summed E-state index contributed by atoms with van der Waals surface area (Å²) in [6.07, 6.45) is 3.77. The minimum absolute atomic E-state index is 0.102. The van der Waals surface area contributed by atoms with E-state index in [0.29, 0.717) is 6.42 Å². The van der Waals surface area contributed by atoms with Gasteiger partial charge >= 0.3 is 0 Å². The maximum atomic E-state index is 11.9. The van der Waals surface area contributed by atoms with Crippen LogP contribution < -0.4 is 5.73 Å². The van der Waals surface area contributed by atoms with Crippen LogP contribution in [0.25, 0.3) is 0 Å². The smallest absolute Gasteiger partial charge is 0.222 e. The molecule has 0 aromatic heterocycles. The number of hydrogen-bond donors (Lipinski definition) is 1. The van der Waals surface area contributed by atoms with Gasteiger partial charge in [-0.15, -0.1) is 0 Å². The first-order valence-corrected chi connectivity index (χ1v) is 6.28. The third-order valence-electron chi connectivity index (χ3n) is 3.00. The SMILES string of the molecule is CCN(CC1CCCO1)C(=O)CCC(C)N. The summed E-state index contributed by atoms with van der Waals surface area (Å²) in [6.45, 7) is 6.30. The van der Waals surface area contributed by atoms with E-state index in [2.05, 4.69) is 0 Å². The van der Waals surface area contributed by atoms with E-state index in [1.807, 2.05) is 18.7 Å². The Kier molecular flexibility index (Phi) is 5.77. The summed E-state index contributed by atoms with van der Waals surface area (Å²) in [7, 11) is 0. The molecule has 1 amide bonds. The third kappa shape index (κ3) is 4.49. The molecule has 2 unspecified atom stereocenters. The van der Waals surface area contributed by atoms with Crippen molar-refractivity contribution < 1.29 is 9.53 Å². The minimum atomic E-state index is 0.102. The third-order valence-corrected chi connectivity index (χ3v) is 3.00. The summed E-state index contributed by atoms with van der Waals surface area (Å²) in [5.41, 5.74) is 5.65. The molecule has 1 rings (SSSR count). The van der Waals surface area contributed by atoms with Crippen LogP contribution in [0.3, 0.4) is 0 Å². The molecule has 1 aliphatic heterocycles. The number of carbonyl (C=O) groups excluding carboxylic acids is 1. The summed E-state index contributed by atoms with van der Waals surface area (Å²) in [4.78, 5) is 13.8. The van der Waals surface area contributed by atoms with Gasteiger partial charge in [-0.05, 0) is 33.1 Å². The Morgan fingerprint density at radius 2 is 2.38 bits per heavy atom. The summed E-state index contributed by atoms with van der Waals surface area (Å²) < 4.78 is 5.54. The van der Waals surface area contributed by atoms with Crippen molar-refractivity contribution in [1.82, 2.24) is 4.90 Å². The Morgan fingerprint density at radius 3 is 2.88 bits per heavy atom. The van der Waals surface area contributed by atoms with Crippen LogP contribution in [0.4, 0.5) is 0 Å². The molecule has 0 aromatic carbocycles. The van der Waals surface area contributed by atoms with Crippen molar-refractivity contribution in [1.29, 1.82) is 0 Å². The van der Waals surface area contributed by atoms with Crippen LogP contribution in [0.1, 0.15) is 39.5 Å². The Balaban J connectivity index is 2.30. The lowest BCUT2D eigenvalue weighted by molar-refractivity contribution is -0.132. The fourth-order valence-electron chi connectivity index (χ4n) is 1.95. The average molecular weight is 228 g/mol. The molecular formula is C12H24N2O2. The lowest BCUT2D eigenvalue weighted by Gasteiger charge is -2.24. The molecule has 2 atom stereocenters. The van der Waals surface area contributed by atoms with Crippen molar-refractivity contribution in [2.45, 2.75) is 51.7 Å². The largest absolute Gasteiger partial charge is 0.376 e. The Labute approximate surface area is 98.1 Å². The second-order valence-corrected chi connectivity index (χ2v) is 4.58. The first-order chi connectivity index (χ1) is 7.63.